The van der Waals surface area contributed by atoms with Gasteiger partial charge >= 0.3 is 5.97 Å². The Kier molecular flexibility index (Phi) is 7.74. The van der Waals surface area contributed by atoms with Crippen LogP contribution in [-0.4, -0.2) is 71.2 Å². The van der Waals surface area contributed by atoms with Crippen molar-refractivity contribution in [2.45, 2.75) is 109 Å². The van der Waals surface area contributed by atoms with E-state index in [9.17, 15) is 9.59 Å². The number of aromatic nitrogens is 1. The summed E-state index contributed by atoms with van der Waals surface area (Å²) in [5, 5.41) is 1.20. The Bertz CT molecular complexity index is 1580. The first-order valence-electron chi connectivity index (χ1n) is 17.1. The van der Waals surface area contributed by atoms with Crippen LogP contribution in [-0.2, 0) is 16.1 Å². The lowest BCUT2D eigenvalue weighted by Gasteiger charge is -2.41. The van der Waals surface area contributed by atoms with Crippen molar-refractivity contribution in [1.82, 2.24) is 14.4 Å². The summed E-state index contributed by atoms with van der Waals surface area (Å²) in [6.45, 7) is 8.27. The van der Waals surface area contributed by atoms with Gasteiger partial charge in [0.05, 0.1) is 23.8 Å². The van der Waals surface area contributed by atoms with E-state index in [0.29, 0.717) is 36.0 Å². The lowest BCUT2D eigenvalue weighted by Crippen LogP contribution is -2.56. The molecule has 2 unspecified atom stereocenters. The SMILES string of the molecule is COc1ccc(-c2c(C3CCCCC3)c3ccc(C(=O)OC(C)(C)C)cc3n2CC2(C(=O)N3C4CCC3CN(C)C4)CC2)cc1. The first-order valence-corrected chi connectivity index (χ1v) is 17.1. The first kappa shape index (κ1) is 30.3. The van der Waals surface area contributed by atoms with E-state index in [2.05, 4.69) is 39.6 Å². The van der Waals surface area contributed by atoms with Gasteiger partial charge in [-0.25, -0.2) is 4.79 Å². The lowest BCUT2D eigenvalue weighted by atomic mass is 9.81. The van der Waals surface area contributed by atoms with Crippen LogP contribution in [0.5, 0.6) is 5.75 Å². The first-order chi connectivity index (χ1) is 21.6. The number of carbonyl (C=O) groups is 2. The number of fused-ring (bicyclic) bond motifs is 3. The molecule has 45 heavy (non-hydrogen) atoms. The number of carbonyl (C=O) groups excluding carboxylic acids is 2. The zero-order valence-corrected chi connectivity index (χ0v) is 27.7. The molecule has 2 aromatic carbocycles. The molecule has 1 aromatic heterocycles. The van der Waals surface area contributed by atoms with Crippen molar-refractivity contribution < 1.29 is 19.1 Å². The normalized spacial score (nSPS) is 23.4. The monoisotopic (exact) mass is 611 g/mol. The highest BCUT2D eigenvalue weighted by atomic mass is 16.6. The number of likely N-dealkylation sites (tertiary alicyclic amines) is 1. The largest absolute Gasteiger partial charge is 0.497 e. The molecule has 2 aliphatic carbocycles. The van der Waals surface area contributed by atoms with Gasteiger partial charge in [-0.2, -0.15) is 0 Å². The average Bonchev–Trinajstić information content (AvgIpc) is 3.67. The Balaban J connectivity index is 1.38. The number of nitrogens with zero attached hydrogens (tertiary/aromatic N) is 3. The van der Waals surface area contributed by atoms with Gasteiger partial charge in [0.2, 0.25) is 5.91 Å². The van der Waals surface area contributed by atoms with Crippen molar-refractivity contribution in [3.05, 3.63) is 53.6 Å². The summed E-state index contributed by atoms with van der Waals surface area (Å²) in [6.07, 6.45) is 10.1. The Labute approximate surface area is 267 Å². The highest BCUT2D eigenvalue weighted by Gasteiger charge is 2.56. The van der Waals surface area contributed by atoms with Crippen LogP contribution in [0.3, 0.4) is 0 Å². The molecular weight excluding hydrogens is 562 g/mol. The van der Waals surface area contributed by atoms with E-state index in [1.54, 1.807) is 7.11 Å². The van der Waals surface area contributed by atoms with Crippen LogP contribution >= 0.6 is 0 Å². The fraction of sp³-hybridized carbons (Fsp3) is 0.579. The quantitative estimate of drug-likeness (QED) is 0.261. The molecule has 2 atom stereocenters. The van der Waals surface area contributed by atoms with Gasteiger partial charge in [0.1, 0.15) is 11.4 Å². The van der Waals surface area contributed by atoms with E-state index < -0.39 is 11.0 Å². The van der Waals surface area contributed by atoms with Crippen LogP contribution in [0.25, 0.3) is 22.2 Å². The van der Waals surface area contributed by atoms with Crippen LogP contribution < -0.4 is 4.74 Å². The minimum absolute atomic E-state index is 0.311. The van der Waals surface area contributed by atoms with Crippen molar-refractivity contribution >= 4 is 22.8 Å². The van der Waals surface area contributed by atoms with Crippen LogP contribution in [0.2, 0.25) is 0 Å². The number of methoxy groups -OCH3 is 1. The third kappa shape index (κ3) is 5.66. The number of esters is 1. The van der Waals surface area contributed by atoms with Gasteiger partial charge in [-0.05, 0) is 120 Å². The molecule has 7 nitrogen and oxygen atoms in total. The number of hydrogen-bond donors (Lipinski definition) is 0. The van der Waals surface area contributed by atoms with E-state index >= 15 is 0 Å². The minimum Gasteiger partial charge on any atom is -0.497 e. The van der Waals surface area contributed by atoms with Gasteiger partial charge in [0.15, 0.2) is 0 Å². The second kappa shape index (κ2) is 11.5. The lowest BCUT2D eigenvalue weighted by molar-refractivity contribution is -0.143. The van der Waals surface area contributed by atoms with Crippen molar-refractivity contribution in [2.75, 3.05) is 27.2 Å². The van der Waals surface area contributed by atoms with Crippen LogP contribution in [0, 0.1) is 5.41 Å². The molecule has 0 radical (unpaired) electrons. The molecule has 0 spiro atoms. The molecule has 7 heteroatoms. The maximum Gasteiger partial charge on any atom is 0.338 e. The zero-order chi connectivity index (χ0) is 31.5. The molecular formula is C38H49N3O4. The molecule has 3 heterocycles. The fourth-order valence-corrected chi connectivity index (χ4v) is 8.48. The number of piperazine rings is 1. The number of benzene rings is 2. The number of likely N-dealkylation sites (N-methyl/N-ethyl adjacent to an activating group) is 1. The highest BCUT2D eigenvalue weighted by molar-refractivity contribution is 5.99. The van der Waals surface area contributed by atoms with Gasteiger partial charge in [-0.15, -0.1) is 0 Å². The highest BCUT2D eigenvalue weighted by Crippen LogP contribution is 2.53. The summed E-state index contributed by atoms with van der Waals surface area (Å²) in [5.41, 5.74) is 4.30. The number of amides is 1. The predicted molar refractivity (Wildman–Crippen MR) is 178 cm³/mol. The molecule has 3 aromatic rings. The van der Waals surface area contributed by atoms with E-state index in [0.717, 1.165) is 68.4 Å². The zero-order valence-electron chi connectivity index (χ0n) is 27.7. The second-order valence-electron chi connectivity index (χ2n) is 15.2. The van der Waals surface area contributed by atoms with Gasteiger partial charge in [-0.1, -0.05) is 25.3 Å². The van der Waals surface area contributed by atoms with Gasteiger partial charge in [-0.3, -0.25) is 4.79 Å². The Morgan fingerprint density at radius 2 is 1.58 bits per heavy atom. The molecule has 240 valence electrons. The minimum atomic E-state index is -0.581. The summed E-state index contributed by atoms with van der Waals surface area (Å²) in [4.78, 5) is 32.6. The van der Waals surface area contributed by atoms with E-state index in [1.165, 1.54) is 35.9 Å². The third-order valence-corrected chi connectivity index (χ3v) is 10.8. The van der Waals surface area contributed by atoms with Crippen LogP contribution in [0.4, 0.5) is 0 Å². The standard InChI is InChI=1S/C38H49N3O4/c1-37(2,3)45-35(42)27-13-18-31-32(21-27)40(24-38(19-20-38)36(43)41-28-14-15-29(41)23-39(4)22-28)34(26-11-16-30(44-5)17-12-26)33(31)25-9-7-6-8-10-25/h11-13,16-18,21,25,28-29H,6-10,14-15,19-20,22-24H2,1-5H3. The topological polar surface area (TPSA) is 64.0 Å². The summed E-state index contributed by atoms with van der Waals surface area (Å²) in [7, 11) is 3.88. The molecule has 4 aliphatic rings. The van der Waals surface area contributed by atoms with E-state index in [1.807, 2.05) is 45.0 Å². The number of hydrogen-bond acceptors (Lipinski definition) is 5. The Morgan fingerprint density at radius 1 is 0.911 bits per heavy atom. The second-order valence-corrected chi connectivity index (χ2v) is 15.2. The Hall–Kier alpha value is -3.32. The molecule has 2 aliphatic heterocycles. The average molecular weight is 612 g/mol. The fourth-order valence-electron chi connectivity index (χ4n) is 8.48. The molecule has 2 saturated heterocycles. The summed E-state index contributed by atoms with van der Waals surface area (Å²) >= 11 is 0. The summed E-state index contributed by atoms with van der Waals surface area (Å²) in [5.74, 6) is 1.29. The van der Waals surface area contributed by atoms with E-state index in [-0.39, 0.29) is 5.97 Å². The van der Waals surface area contributed by atoms with Crippen molar-refractivity contribution in [2.24, 2.45) is 5.41 Å². The van der Waals surface area contributed by atoms with Gasteiger partial charge in [0.25, 0.3) is 0 Å². The smallest absolute Gasteiger partial charge is 0.338 e. The van der Waals surface area contributed by atoms with Gasteiger partial charge < -0.3 is 23.8 Å². The number of rotatable bonds is 7. The molecule has 2 saturated carbocycles. The van der Waals surface area contributed by atoms with Gasteiger partial charge in [0, 0.05) is 42.6 Å². The molecule has 1 amide bonds. The third-order valence-electron chi connectivity index (χ3n) is 10.8. The van der Waals surface area contributed by atoms with Crippen molar-refractivity contribution in [3.63, 3.8) is 0 Å². The van der Waals surface area contributed by atoms with E-state index in [4.69, 9.17) is 9.47 Å². The van der Waals surface area contributed by atoms with Crippen molar-refractivity contribution in [3.8, 4) is 17.0 Å². The maximum absolute atomic E-state index is 14.6. The molecule has 7 rings (SSSR count). The summed E-state index contributed by atoms with van der Waals surface area (Å²) < 4.78 is 13.8. The molecule has 0 N–H and O–H groups in total. The maximum atomic E-state index is 14.6. The molecule has 2 bridgehead atoms. The summed E-state index contributed by atoms with van der Waals surface area (Å²) in [6, 6.07) is 15.1. The predicted octanol–water partition coefficient (Wildman–Crippen LogP) is 7.41. The van der Waals surface area contributed by atoms with Crippen molar-refractivity contribution in [1.29, 1.82) is 0 Å². The number of ether oxygens (including phenoxy) is 2. The molecule has 4 fully saturated rings. The van der Waals surface area contributed by atoms with Crippen LogP contribution in [0.15, 0.2) is 42.5 Å². The Morgan fingerprint density at radius 3 is 2.18 bits per heavy atom. The van der Waals surface area contributed by atoms with Crippen LogP contribution in [0.1, 0.15) is 100 Å².